The predicted octanol–water partition coefficient (Wildman–Crippen LogP) is 3.42. The van der Waals surface area contributed by atoms with Crippen LogP contribution in [0.4, 0.5) is 0 Å². The van der Waals surface area contributed by atoms with Crippen molar-refractivity contribution in [1.82, 2.24) is 0 Å². The largest absolute Gasteiger partial charge is 0.496 e. The normalized spacial score (nSPS) is 9.82. The molecule has 0 N–H and O–H groups in total. The van der Waals surface area contributed by atoms with Crippen LogP contribution < -0.4 is 4.74 Å². The van der Waals surface area contributed by atoms with Gasteiger partial charge in [0.25, 0.3) is 0 Å². The molecule has 1 rings (SSSR count). The summed E-state index contributed by atoms with van der Waals surface area (Å²) < 4.78 is 5.99. The van der Waals surface area contributed by atoms with E-state index in [-0.39, 0.29) is 0 Å². The van der Waals surface area contributed by atoms with Crippen molar-refractivity contribution in [3.8, 4) is 5.75 Å². The van der Waals surface area contributed by atoms with Crippen molar-refractivity contribution < 1.29 is 4.74 Å². The van der Waals surface area contributed by atoms with E-state index < -0.39 is 0 Å². The molecule has 0 unspecified atom stereocenters. The maximum absolute atomic E-state index is 5.84. The molecule has 1 aromatic carbocycles. The van der Waals surface area contributed by atoms with Crippen LogP contribution in [0.5, 0.6) is 5.75 Å². The molecule has 0 saturated heterocycles. The van der Waals surface area contributed by atoms with Crippen LogP contribution in [0.3, 0.4) is 0 Å². The fourth-order valence-corrected chi connectivity index (χ4v) is 1.39. The third-order valence-corrected chi connectivity index (χ3v) is 3.07. The lowest BCUT2D eigenvalue weighted by Crippen LogP contribution is -1.87. The molecular weight excluding hydrogens is 227 g/mol. The SMILES string of the molecule is COc1ccc(Cl)c(Br)c1C. The van der Waals surface area contributed by atoms with Gasteiger partial charge in [0.1, 0.15) is 5.75 Å². The maximum Gasteiger partial charge on any atom is 0.122 e. The van der Waals surface area contributed by atoms with Gasteiger partial charge in [-0.05, 0) is 35.0 Å². The Morgan fingerprint density at radius 2 is 2.09 bits per heavy atom. The number of hydrogen-bond donors (Lipinski definition) is 0. The number of halogens is 2. The van der Waals surface area contributed by atoms with E-state index in [0.29, 0.717) is 5.02 Å². The molecule has 0 fully saturated rings. The molecular formula is C8H8BrClO. The van der Waals surface area contributed by atoms with Gasteiger partial charge in [-0.1, -0.05) is 11.6 Å². The van der Waals surface area contributed by atoms with Crippen LogP contribution in [0.1, 0.15) is 5.56 Å². The summed E-state index contributed by atoms with van der Waals surface area (Å²) in [6, 6.07) is 3.65. The Morgan fingerprint density at radius 1 is 1.45 bits per heavy atom. The highest BCUT2D eigenvalue weighted by Gasteiger charge is 2.04. The summed E-state index contributed by atoms with van der Waals surface area (Å²) in [5, 5.41) is 0.711. The highest BCUT2D eigenvalue weighted by Crippen LogP contribution is 2.31. The molecule has 11 heavy (non-hydrogen) atoms. The molecule has 0 heterocycles. The van der Waals surface area contributed by atoms with Gasteiger partial charge in [-0.3, -0.25) is 0 Å². The van der Waals surface area contributed by atoms with Crippen molar-refractivity contribution in [2.45, 2.75) is 6.92 Å². The van der Waals surface area contributed by atoms with Crippen LogP contribution >= 0.6 is 27.5 Å². The Balaban J connectivity index is 3.25. The van der Waals surface area contributed by atoms with Crippen LogP contribution in [0.25, 0.3) is 0 Å². The van der Waals surface area contributed by atoms with Crippen molar-refractivity contribution in [2.75, 3.05) is 7.11 Å². The Kier molecular flexibility index (Phi) is 2.79. The molecule has 0 aliphatic rings. The molecule has 0 aromatic heterocycles. The lowest BCUT2D eigenvalue weighted by Gasteiger charge is -2.06. The van der Waals surface area contributed by atoms with Gasteiger partial charge in [0.05, 0.1) is 12.1 Å². The highest BCUT2D eigenvalue weighted by atomic mass is 79.9. The number of methoxy groups -OCH3 is 1. The van der Waals surface area contributed by atoms with Gasteiger partial charge in [0, 0.05) is 10.0 Å². The second kappa shape index (κ2) is 3.46. The summed E-state index contributed by atoms with van der Waals surface area (Å²) in [5.41, 5.74) is 1.03. The van der Waals surface area contributed by atoms with Gasteiger partial charge in [0.15, 0.2) is 0 Å². The topological polar surface area (TPSA) is 9.23 Å². The first-order valence-corrected chi connectivity index (χ1v) is 4.32. The van der Waals surface area contributed by atoms with E-state index >= 15 is 0 Å². The molecule has 0 spiro atoms. The van der Waals surface area contributed by atoms with Gasteiger partial charge in [0.2, 0.25) is 0 Å². The molecule has 60 valence electrons. The van der Waals surface area contributed by atoms with Crippen molar-refractivity contribution in [2.24, 2.45) is 0 Å². The molecule has 0 saturated carbocycles. The quantitative estimate of drug-likeness (QED) is 0.725. The first-order valence-electron chi connectivity index (χ1n) is 3.15. The van der Waals surface area contributed by atoms with Gasteiger partial charge in [-0.2, -0.15) is 0 Å². The first kappa shape index (κ1) is 8.88. The zero-order valence-corrected chi connectivity index (χ0v) is 8.66. The monoisotopic (exact) mass is 234 g/mol. The summed E-state index contributed by atoms with van der Waals surface area (Å²) in [4.78, 5) is 0. The van der Waals surface area contributed by atoms with Crippen molar-refractivity contribution in [3.63, 3.8) is 0 Å². The fraction of sp³-hybridized carbons (Fsp3) is 0.250. The molecule has 0 atom stereocenters. The summed E-state index contributed by atoms with van der Waals surface area (Å²) in [6.45, 7) is 1.95. The van der Waals surface area contributed by atoms with Crippen molar-refractivity contribution in [1.29, 1.82) is 0 Å². The number of rotatable bonds is 1. The minimum Gasteiger partial charge on any atom is -0.496 e. The first-order chi connectivity index (χ1) is 5.16. The Labute approximate surface area is 79.4 Å². The lowest BCUT2D eigenvalue weighted by molar-refractivity contribution is 0.411. The second-order valence-corrected chi connectivity index (χ2v) is 3.39. The van der Waals surface area contributed by atoms with Gasteiger partial charge in [-0.25, -0.2) is 0 Å². The van der Waals surface area contributed by atoms with E-state index in [1.165, 1.54) is 0 Å². The predicted molar refractivity (Wildman–Crippen MR) is 50.4 cm³/mol. The highest BCUT2D eigenvalue weighted by molar-refractivity contribution is 9.10. The van der Waals surface area contributed by atoms with E-state index in [1.54, 1.807) is 13.2 Å². The fourth-order valence-electron chi connectivity index (χ4n) is 0.855. The van der Waals surface area contributed by atoms with Crippen LogP contribution in [-0.2, 0) is 0 Å². The third-order valence-electron chi connectivity index (χ3n) is 1.51. The molecule has 0 aliphatic carbocycles. The van der Waals surface area contributed by atoms with Crippen molar-refractivity contribution in [3.05, 3.63) is 27.2 Å². The molecule has 1 aromatic rings. The molecule has 3 heteroatoms. The smallest absolute Gasteiger partial charge is 0.122 e. The van der Waals surface area contributed by atoms with E-state index in [0.717, 1.165) is 15.8 Å². The summed E-state index contributed by atoms with van der Waals surface area (Å²) in [5.74, 6) is 0.848. The van der Waals surface area contributed by atoms with Crippen LogP contribution in [0.15, 0.2) is 16.6 Å². The van der Waals surface area contributed by atoms with Crippen LogP contribution in [0.2, 0.25) is 5.02 Å². The van der Waals surface area contributed by atoms with Gasteiger partial charge >= 0.3 is 0 Å². The minimum absolute atomic E-state index is 0.711. The second-order valence-electron chi connectivity index (χ2n) is 2.19. The van der Waals surface area contributed by atoms with Gasteiger partial charge < -0.3 is 4.74 Å². The Hall–Kier alpha value is -0.210. The van der Waals surface area contributed by atoms with E-state index in [4.69, 9.17) is 16.3 Å². The van der Waals surface area contributed by atoms with Crippen molar-refractivity contribution >= 4 is 27.5 Å². The Bertz CT molecular complexity index is 273. The Morgan fingerprint density at radius 3 is 2.64 bits per heavy atom. The molecule has 0 radical (unpaired) electrons. The van der Waals surface area contributed by atoms with Crippen LogP contribution in [-0.4, -0.2) is 7.11 Å². The summed E-state index contributed by atoms with van der Waals surface area (Å²) in [7, 11) is 1.64. The summed E-state index contributed by atoms with van der Waals surface area (Å²) in [6.07, 6.45) is 0. The molecule has 0 bridgehead atoms. The summed E-state index contributed by atoms with van der Waals surface area (Å²) >= 11 is 9.20. The molecule has 0 amide bonds. The minimum atomic E-state index is 0.711. The lowest BCUT2D eigenvalue weighted by atomic mass is 10.2. The zero-order valence-electron chi connectivity index (χ0n) is 6.32. The average Bonchev–Trinajstić information content (AvgIpc) is 2.01. The number of hydrogen-bond acceptors (Lipinski definition) is 1. The molecule has 0 aliphatic heterocycles. The van der Waals surface area contributed by atoms with E-state index in [2.05, 4.69) is 15.9 Å². The van der Waals surface area contributed by atoms with E-state index in [9.17, 15) is 0 Å². The zero-order chi connectivity index (χ0) is 8.43. The number of ether oxygens (including phenoxy) is 1. The number of benzene rings is 1. The standard InChI is InChI=1S/C8H8BrClO/c1-5-7(11-2)4-3-6(10)8(5)9/h3-4H,1-2H3. The third kappa shape index (κ3) is 1.68. The van der Waals surface area contributed by atoms with Crippen LogP contribution in [0, 0.1) is 6.92 Å². The van der Waals surface area contributed by atoms with E-state index in [1.807, 2.05) is 13.0 Å². The van der Waals surface area contributed by atoms with Gasteiger partial charge in [-0.15, -0.1) is 0 Å². The maximum atomic E-state index is 5.84. The molecule has 1 nitrogen and oxygen atoms in total. The average molecular weight is 236 g/mol.